The smallest absolute Gasteiger partial charge is 0.257 e. The molecule has 2 N–H and O–H groups in total. The molecule has 0 bridgehead atoms. The SMILES string of the molecule is COc1cc2c(cc1OC)C(=O)N(CCC1NC[C@@H]3CCc4c(OC)cccc4[C@H]13)CN2. The van der Waals surface area contributed by atoms with Crippen LogP contribution in [0.5, 0.6) is 17.2 Å². The number of carbonyl (C=O) groups is 1. The molecule has 2 heterocycles. The Morgan fingerprint density at radius 3 is 2.62 bits per heavy atom. The van der Waals surface area contributed by atoms with E-state index in [4.69, 9.17) is 14.2 Å². The molecule has 3 aliphatic rings. The number of fused-ring (bicyclic) bond motifs is 4. The summed E-state index contributed by atoms with van der Waals surface area (Å²) in [5.41, 5.74) is 4.19. The molecule has 1 amide bonds. The maximum absolute atomic E-state index is 13.2. The third-order valence-electron chi connectivity index (χ3n) is 7.31. The molecule has 170 valence electrons. The van der Waals surface area contributed by atoms with E-state index in [0.29, 0.717) is 48.2 Å². The monoisotopic (exact) mass is 437 g/mol. The second kappa shape index (κ2) is 8.54. The highest BCUT2D eigenvalue weighted by Crippen LogP contribution is 2.45. The minimum Gasteiger partial charge on any atom is -0.496 e. The average molecular weight is 438 g/mol. The minimum atomic E-state index is 0.0277. The normalized spacial score (nSPS) is 23.7. The van der Waals surface area contributed by atoms with Gasteiger partial charge in [-0.15, -0.1) is 0 Å². The maximum Gasteiger partial charge on any atom is 0.257 e. The van der Waals surface area contributed by atoms with E-state index in [-0.39, 0.29) is 5.91 Å². The minimum absolute atomic E-state index is 0.0277. The summed E-state index contributed by atoms with van der Waals surface area (Å²) in [5, 5.41) is 7.11. The van der Waals surface area contributed by atoms with Crippen LogP contribution in [0.4, 0.5) is 5.69 Å². The van der Waals surface area contributed by atoms with Gasteiger partial charge in [-0.1, -0.05) is 12.1 Å². The Balaban J connectivity index is 1.32. The molecule has 32 heavy (non-hydrogen) atoms. The lowest BCUT2D eigenvalue weighted by molar-refractivity contribution is 0.0751. The van der Waals surface area contributed by atoms with Crippen LogP contribution in [0.1, 0.15) is 40.2 Å². The molecular weight excluding hydrogens is 406 g/mol. The Labute approximate surface area is 189 Å². The van der Waals surface area contributed by atoms with Crippen molar-refractivity contribution in [2.45, 2.75) is 31.2 Å². The van der Waals surface area contributed by atoms with Gasteiger partial charge in [0, 0.05) is 24.6 Å². The lowest BCUT2D eigenvalue weighted by Crippen LogP contribution is -2.42. The van der Waals surface area contributed by atoms with Gasteiger partial charge in [-0.25, -0.2) is 0 Å². The Morgan fingerprint density at radius 2 is 1.84 bits per heavy atom. The molecule has 0 spiro atoms. The molecule has 5 rings (SSSR count). The third-order valence-corrected chi connectivity index (χ3v) is 7.31. The highest BCUT2D eigenvalue weighted by atomic mass is 16.5. The van der Waals surface area contributed by atoms with E-state index in [0.717, 1.165) is 30.8 Å². The summed E-state index contributed by atoms with van der Waals surface area (Å²) in [4.78, 5) is 15.1. The Kier molecular flexibility index (Phi) is 5.59. The van der Waals surface area contributed by atoms with Gasteiger partial charge in [0.1, 0.15) is 5.75 Å². The third kappa shape index (κ3) is 3.45. The first-order valence-electron chi connectivity index (χ1n) is 11.3. The topological polar surface area (TPSA) is 72.1 Å². The molecule has 1 unspecified atom stereocenters. The summed E-state index contributed by atoms with van der Waals surface area (Å²) in [6.07, 6.45) is 3.17. The predicted octanol–water partition coefficient (Wildman–Crippen LogP) is 3.25. The van der Waals surface area contributed by atoms with Crippen molar-refractivity contribution in [3.8, 4) is 17.2 Å². The number of amides is 1. The summed E-state index contributed by atoms with van der Waals surface area (Å²) in [7, 11) is 4.94. The first kappa shape index (κ1) is 20.9. The van der Waals surface area contributed by atoms with E-state index in [1.54, 1.807) is 27.4 Å². The van der Waals surface area contributed by atoms with Crippen LogP contribution < -0.4 is 24.8 Å². The number of carbonyl (C=O) groups excluding carboxylic acids is 1. The fraction of sp³-hybridized carbons (Fsp3) is 0.480. The van der Waals surface area contributed by atoms with Crippen molar-refractivity contribution in [1.29, 1.82) is 0 Å². The lowest BCUT2D eigenvalue weighted by atomic mass is 9.73. The number of anilines is 1. The molecular formula is C25H31N3O4. The van der Waals surface area contributed by atoms with Gasteiger partial charge in [0.05, 0.1) is 39.2 Å². The van der Waals surface area contributed by atoms with Gasteiger partial charge >= 0.3 is 0 Å². The highest BCUT2D eigenvalue weighted by Gasteiger charge is 2.41. The fourth-order valence-corrected chi connectivity index (χ4v) is 5.70. The van der Waals surface area contributed by atoms with E-state index in [1.807, 2.05) is 11.0 Å². The second-order valence-electron chi connectivity index (χ2n) is 8.81. The quantitative estimate of drug-likeness (QED) is 0.723. The van der Waals surface area contributed by atoms with Gasteiger partial charge in [-0.05, 0) is 55.0 Å². The Morgan fingerprint density at radius 1 is 1.06 bits per heavy atom. The molecule has 2 aromatic carbocycles. The summed E-state index contributed by atoms with van der Waals surface area (Å²) >= 11 is 0. The van der Waals surface area contributed by atoms with Crippen molar-refractivity contribution >= 4 is 11.6 Å². The van der Waals surface area contributed by atoms with E-state index in [1.165, 1.54) is 17.5 Å². The number of hydrogen-bond donors (Lipinski definition) is 2. The van der Waals surface area contributed by atoms with Crippen LogP contribution in [-0.4, -0.2) is 57.9 Å². The number of methoxy groups -OCH3 is 3. The van der Waals surface area contributed by atoms with E-state index in [9.17, 15) is 4.79 Å². The molecule has 0 aromatic heterocycles. The highest BCUT2D eigenvalue weighted by molar-refractivity contribution is 6.02. The van der Waals surface area contributed by atoms with Crippen molar-refractivity contribution in [2.75, 3.05) is 46.4 Å². The molecule has 3 atom stereocenters. The molecule has 0 radical (unpaired) electrons. The number of nitrogens with one attached hydrogen (secondary N) is 2. The van der Waals surface area contributed by atoms with E-state index >= 15 is 0 Å². The Hall–Kier alpha value is -2.93. The van der Waals surface area contributed by atoms with Crippen molar-refractivity contribution in [2.24, 2.45) is 5.92 Å². The summed E-state index contributed by atoms with van der Waals surface area (Å²) in [5.74, 6) is 3.33. The molecule has 1 fully saturated rings. The van der Waals surface area contributed by atoms with Gasteiger partial charge in [0.25, 0.3) is 5.91 Å². The number of benzene rings is 2. The second-order valence-corrected chi connectivity index (χ2v) is 8.81. The van der Waals surface area contributed by atoms with Crippen LogP contribution in [0.25, 0.3) is 0 Å². The molecule has 1 aliphatic carbocycles. The fourth-order valence-electron chi connectivity index (χ4n) is 5.70. The van der Waals surface area contributed by atoms with Crippen LogP contribution in [0.3, 0.4) is 0 Å². The van der Waals surface area contributed by atoms with Crippen molar-refractivity contribution < 1.29 is 19.0 Å². The summed E-state index contributed by atoms with van der Waals surface area (Å²) < 4.78 is 16.4. The van der Waals surface area contributed by atoms with Crippen LogP contribution in [0.2, 0.25) is 0 Å². The zero-order chi connectivity index (χ0) is 22.2. The average Bonchev–Trinajstić information content (AvgIpc) is 3.26. The number of rotatable bonds is 6. The van der Waals surface area contributed by atoms with Crippen LogP contribution >= 0.6 is 0 Å². The van der Waals surface area contributed by atoms with Crippen molar-refractivity contribution in [1.82, 2.24) is 10.2 Å². The molecule has 0 saturated carbocycles. The van der Waals surface area contributed by atoms with Crippen LogP contribution in [-0.2, 0) is 6.42 Å². The zero-order valence-corrected chi connectivity index (χ0v) is 18.9. The number of nitrogens with zero attached hydrogens (tertiary/aromatic N) is 1. The van der Waals surface area contributed by atoms with Gasteiger partial charge in [0.15, 0.2) is 11.5 Å². The maximum atomic E-state index is 13.2. The van der Waals surface area contributed by atoms with E-state index in [2.05, 4.69) is 28.8 Å². The first-order chi connectivity index (χ1) is 15.6. The van der Waals surface area contributed by atoms with Crippen molar-refractivity contribution in [3.05, 3.63) is 47.0 Å². The lowest BCUT2D eigenvalue weighted by Gasteiger charge is -2.34. The molecule has 2 aromatic rings. The molecule has 7 nitrogen and oxygen atoms in total. The summed E-state index contributed by atoms with van der Waals surface area (Å²) in [6, 6.07) is 10.4. The Bertz CT molecular complexity index is 1020. The molecule has 7 heteroatoms. The molecule has 2 aliphatic heterocycles. The zero-order valence-electron chi connectivity index (χ0n) is 18.9. The first-order valence-corrected chi connectivity index (χ1v) is 11.3. The van der Waals surface area contributed by atoms with Gasteiger partial charge in [-0.2, -0.15) is 0 Å². The molecule has 1 saturated heterocycles. The van der Waals surface area contributed by atoms with E-state index < -0.39 is 0 Å². The van der Waals surface area contributed by atoms with Crippen molar-refractivity contribution in [3.63, 3.8) is 0 Å². The van der Waals surface area contributed by atoms with Gasteiger partial charge in [-0.3, -0.25) is 4.79 Å². The van der Waals surface area contributed by atoms with Crippen LogP contribution in [0.15, 0.2) is 30.3 Å². The van der Waals surface area contributed by atoms with Gasteiger partial charge in [0.2, 0.25) is 0 Å². The standard InChI is InChI=1S/C25H31N3O4/c1-30-21-6-4-5-17-16(21)8-7-15-13-26-19(24(15)17)9-10-28-14-27-20-12-23(32-3)22(31-2)11-18(20)25(28)29/h4-6,11-12,15,19,24,26-27H,7-10,13-14H2,1-3H3/t15-,19?,24+/m0/s1. The number of ether oxygens (including phenoxy) is 3. The predicted molar refractivity (Wildman–Crippen MR) is 123 cm³/mol. The summed E-state index contributed by atoms with van der Waals surface area (Å²) in [6.45, 7) is 2.23. The number of hydrogen-bond acceptors (Lipinski definition) is 6. The van der Waals surface area contributed by atoms with Crippen LogP contribution in [0, 0.1) is 5.92 Å². The van der Waals surface area contributed by atoms with Gasteiger partial charge < -0.3 is 29.7 Å². The largest absolute Gasteiger partial charge is 0.496 e.